The van der Waals surface area contributed by atoms with Crippen molar-refractivity contribution in [2.24, 2.45) is 0 Å². The van der Waals surface area contributed by atoms with Crippen molar-refractivity contribution in [2.45, 2.75) is 33.0 Å². The summed E-state index contributed by atoms with van der Waals surface area (Å²) < 4.78 is 15.0. The molecule has 0 fully saturated rings. The van der Waals surface area contributed by atoms with Crippen molar-refractivity contribution in [3.8, 4) is 0 Å². The number of rotatable bonds is 5. The van der Waals surface area contributed by atoms with Gasteiger partial charge >= 0.3 is 0 Å². The number of anilines is 3. The number of aryl methyl sites for hydroxylation is 1. The number of hydrogen-bond acceptors (Lipinski definition) is 6. The maximum Gasteiger partial charge on any atom is 0.246 e. The molecule has 0 saturated heterocycles. The number of nitrogens with one attached hydrogen (secondary N) is 2. The Balaban J connectivity index is 1.45. The van der Waals surface area contributed by atoms with E-state index in [9.17, 15) is 9.18 Å². The molecular formula is C20H21ClFN7O. The Bertz CT molecular complexity index is 1120. The van der Waals surface area contributed by atoms with Crippen molar-refractivity contribution in [3.05, 3.63) is 58.3 Å². The first-order chi connectivity index (χ1) is 14.3. The number of amides is 1. The topological polar surface area (TPSA) is 88.0 Å². The summed E-state index contributed by atoms with van der Waals surface area (Å²) in [4.78, 5) is 18.5. The van der Waals surface area contributed by atoms with Crippen LogP contribution in [0.2, 0.25) is 5.02 Å². The number of pyridine rings is 1. The van der Waals surface area contributed by atoms with E-state index in [-0.39, 0.29) is 17.0 Å². The highest BCUT2D eigenvalue weighted by Gasteiger charge is 2.28. The van der Waals surface area contributed by atoms with Crippen LogP contribution in [-0.4, -0.2) is 39.0 Å². The molecule has 1 atom stereocenters. The molecule has 2 N–H and O–H groups in total. The first-order valence-corrected chi connectivity index (χ1v) is 9.82. The summed E-state index contributed by atoms with van der Waals surface area (Å²) in [5, 5.41) is 14.5. The maximum atomic E-state index is 13.3. The molecule has 1 aromatic carbocycles. The molecule has 10 heteroatoms. The maximum absolute atomic E-state index is 13.3. The SMILES string of the molecule is Cc1nc(NCc2cn(Cc3ccc(F)c(Cl)c3)nn2)cc2c1NC(=O)[C@H](C)N2C. The van der Waals surface area contributed by atoms with Gasteiger partial charge in [0.25, 0.3) is 0 Å². The van der Waals surface area contributed by atoms with E-state index in [0.29, 0.717) is 18.9 Å². The average molecular weight is 430 g/mol. The van der Waals surface area contributed by atoms with Gasteiger partial charge in [0.15, 0.2) is 0 Å². The number of aromatic nitrogens is 4. The van der Waals surface area contributed by atoms with Gasteiger partial charge in [0.2, 0.25) is 5.91 Å². The normalized spacial score (nSPS) is 15.7. The summed E-state index contributed by atoms with van der Waals surface area (Å²) in [5.74, 6) is 0.187. The Kier molecular flexibility index (Phi) is 5.29. The second-order valence-corrected chi connectivity index (χ2v) is 7.68. The third kappa shape index (κ3) is 3.93. The van der Waals surface area contributed by atoms with Crippen molar-refractivity contribution < 1.29 is 9.18 Å². The summed E-state index contributed by atoms with van der Waals surface area (Å²) in [6.07, 6.45) is 1.81. The summed E-state index contributed by atoms with van der Waals surface area (Å²) in [6.45, 7) is 4.58. The Labute approximate surface area is 178 Å². The lowest BCUT2D eigenvalue weighted by molar-refractivity contribution is -0.117. The molecule has 0 spiro atoms. The van der Waals surface area contributed by atoms with Crippen molar-refractivity contribution in [1.29, 1.82) is 0 Å². The molecule has 0 aliphatic carbocycles. The Hall–Kier alpha value is -3.20. The summed E-state index contributed by atoms with van der Waals surface area (Å²) in [6, 6.07) is 6.22. The van der Waals surface area contributed by atoms with Crippen LogP contribution in [0.25, 0.3) is 0 Å². The van der Waals surface area contributed by atoms with Crippen LogP contribution in [0.15, 0.2) is 30.5 Å². The molecule has 156 valence electrons. The zero-order chi connectivity index (χ0) is 21.4. The Morgan fingerprint density at radius 3 is 2.90 bits per heavy atom. The number of nitrogens with zero attached hydrogens (tertiary/aromatic N) is 5. The van der Waals surface area contributed by atoms with Gasteiger partial charge in [-0.2, -0.15) is 0 Å². The molecule has 2 aromatic heterocycles. The van der Waals surface area contributed by atoms with E-state index in [1.54, 1.807) is 16.8 Å². The average Bonchev–Trinajstić information content (AvgIpc) is 3.16. The molecule has 30 heavy (non-hydrogen) atoms. The molecule has 4 rings (SSSR count). The lowest BCUT2D eigenvalue weighted by Gasteiger charge is -2.34. The Morgan fingerprint density at radius 2 is 2.13 bits per heavy atom. The van der Waals surface area contributed by atoms with Crippen molar-refractivity contribution in [2.75, 3.05) is 22.6 Å². The highest BCUT2D eigenvalue weighted by atomic mass is 35.5. The van der Waals surface area contributed by atoms with Crippen LogP contribution in [0.5, 0.6) is 0 Å². The molecular weight excluding hydrogens is 409 g/mol. The molecule has 0 unspecified atom stereocenters. The van der Waals surface area contributed by atoms with Crippen LogP contribution in [0.3, 0.4) is 0 Å². The number of fused-ring (bicyclic) bond motifs is 1. The Morgan fingerprint density at radius 1 is 1.33 bits per heavy atom. The number of hydrogen-bond donors (Lipinski definition) is 2. The van der Waals surface area contributed by atoms with Crippen molar-refractivity contribution >= 4 is 34.7 Å². The minimum Gasteiger partial charge on any atom is -0.364 e. The second kappa shape index (κ2) is 7.91. The van der Waals surface area contributed by atoms with E-state index in [1.165, 1.54) is 6.07 Å². The van der Waals surface area contributed by atoms with Gasteiger partial charge in [-0.15, -0.1) is 5.10 Å². The smallest absolute Gasteiger partial charge is 0.246 e. The fourth-order valence-corrected chi connectivity index (χ4v) is 3.50. The lowest BCUT2D eigenvalue weighted by atomic mass is 10.1. The first-order valence-electron chi connectivity index (χ1n) is 9.44. The quantitative estimate of drug-likeness (QED) is 0.647. The van der Waals surface area contributed by atoms with Gasteiger partial charge in [0.1, 0.15) is 23.4 Å². The van der Waals surface area contributed by atoms with Gasteiger partial charge in [-0.3, -0.25) is 4.79 Å². The zero-order valence-electron chi connectivity index (χ0n) is 16.8. The van der Waals surface area contributed by atoms with Crippen LogP contribution in [0, 0.1) is 12.7 Å². The number of carbonyl (C=O) groups is 1. The number of benzene rings is 1. The first kappa shape index (κ1) is 20.1. The minimum absolute atomic E-state index is 0.0466. The summed E-state index contributed by atoms with van der Waals surface area (Å²) in [5.41, 5.74) is 3.94. The molecule has 0 saturated carbocycles. The van der Waals surface area contributed by atoms with Gasteiger partial charge in [0.05, 0.1) is 41.4 Å². The fourth-order valence-electron chi connectivity index (χ4n) is 3.29. The third-order valence-electron chi connectivity index (χ3n) is 5.13. The van der Waals surface area contributed by atoms with E-state index < -0.39 is 5.82 Å². The largest absolute Gasteiger partial charge is 0.364 e. The molecule has 3 heterocycles. The standard InChI is InChI=1S/C20H21ClFN7O/c1-11-19-17(28(3)12(2)20(30)25-19)7-18(24-11)23-8-14-10-29(27-26-14)9-13-4-5-16(22)15(21)6-13/h4-7,10,12H,8-9H2,1-3H3,(H,23,24)(H,25,30)/t12-/m0/s1. The van der Waals surface area contributed by atoms with Gasteiger partial charge in [0, 0.05) is 13.1 Å². The molecule has 8 nitrogen and oxygen atoms in total. The van der Waals surface area contributed by atoms with E-state index in [4.69, 9.17) is 11.6 Å². The van der Waals surface area contributed by atoms with Crippen molar-refractivity contribution in [1.82, 2.24) is 20.0 Å². The van der Waals surface area contributed by atoms with Gasteiger partial charge in [-0.1, -0.05) is 22.9 Å². The van der Waals surface area contributed by atoms with Gasteiger partial charge < -0.3 is 15.5 Å². The predicted molar refractivity (Wildman–Crippen MR) is 113 cm³/mol. The molecule has 1 aliphatic rings. The monoisotopic (exact) mass is 429 g/mol. The fraction of sp³-hybridized carbons (Fsp3) is 0.300. The van der Waals surface area contributed by atoms with Crippen LogP contribution in [0.4, 0.5) is 21.6 Å². The van der Waals surface area contributed by atoms with Gasteiger partial charge in [-0.05, 0) is 31.5 Å². The highest BCUT2D eigenvalue weighted by Crippen LogP contribution is 2.34. The minimum atomic E-state index is -0.448. The predicted octanol–water partition coefficient (Wildman–Crippen LogP) is 3.21. The second-order valence-electron chi connectivity index (χ2n) is 7.27. The third-order valence-corrected chi connectivity index (χ3v) is 5.42. The molecule has 0 radical (unpaired) electrons. The van der Waals surface area contributed by atoms with E-state index in [0.717, 1.165) is 28.3 Å². The van der Waals surface area contributed by atoms with Crippen LogP contribution >= 0.6 is 11.6 Å². The molecule has 1 aliphatic heterocycles. The number of carbonyl (C=O) groups excluding carboxylic acids is 1. The highest BCUT2D eigenvalue weighted by molar-refractivity contribution is 6.30. The van der Waals surface area contributed by atoms with Crippen LogP contribution in [0.1, 0.15) is 23.9 Å². The summed E-state index contributed by atoms with van der Waals surface area (Å²) >= 11 is 5.83. The summed E-state index contributed by atoms with van der Waals surface area (Å²) in [7, 11) is 1.89. The van der Waals surface area contributed by atoms with Gasteiger partial charge in [-0.25, -0.2) is 14.1 Å². The molecule has 1 amide bonds. The lowest BCUT2D eigenvalue weighted by Crippen LogP contribution is -2.44. The van der Waals surface area contributed by atoms with E-state index in [2.05, 4.69) is 25.9 Å². The zero-order valence-corrected chi connectivity index (χ0v) is 17.5. The molecule has 0 bridgehead atoms. The van der Waals surface area contributed by atoms with Crippen molar-refractivity contribution in [3.63, 3.8) is 0 Å². The molecule has 3 aromatic rings. The van der Waals surface area contributed by atoms with E-state index in [1.807, 2.05) is 38.1 Å². The number of halogens is 2. The van der Waals surface area contributed by atoms with Crippen LogP contribution < -0.4 is 15.5 Å². The number of likely N-dealkylation sites (N-methyl/N-ethyl adjacent to an activating group) is 1. The van der Waals surface area contributed by atoms with Crippen LogP contribution in [-0.2, 0) is 17.9 Å². The van der Waals surface area contributed by atoms with E-state index >= 15 is 0 Å².